The second kappa shape index (κ2) is 6.06. The summed E-state index contributed by atoms with van der Waals surface area (Å²) in [7, 11) is 0. The van der Waals surface area contributed by atoms with Crippen LogP contribution in [-0.4, -0.2) is 22.3 Å². The van der Waals surface area contributed by atoms with Crippen LogP contribution in [0.5, 0.6) is 5.75 Å². The zero-order valence-corrected chi connectivity index (χ0v) is 12.9. The SMILES string of the molecule is Cc1nc2c(OCC3CCCCC3)cc(Cl)cn2c1C=O. The lowest BCUT2D eigenvalue weighted by Crippen LogP contribution is -2.15. The van der Waals surface area contributed by atoms with Crippen LogP contribution >= 0.6 is 11.6 Å². The zero-order chi connectivity index (χ0) is 14.8. The maximum atomic E-state index is 11.2. The highest BCUT2D eigenvalue weighted by Gasteiger charge is 2.17. The highest BCUT2D eigenvalue weighted by molar-refractivity contribution is 6.30. The van der Waals surface area contributed by atoms with Crippen LogP contribution in [0.1, 0.15) is 48.3 Å². The van der Waals surface area contributed by atoms with Crippen molar-refractivity contribution in [3.8, 4) is 5.75 Å². The first-order valence-electron chi connectivity index (χ1n) is 7.45. The molecule has 0 atom stereocenters. The van der Waals surface area contributed by atoms with Crippen LogP contribution in [-0.2, 0) is 0 Å². The summed E-state index contributed by atoms with van der Waals surface area (Å²) in [4.78, 5) is 15.6. The molecule has 2 aromatic rings. The van der Waals surface area contributed by atoms with Gasteiger partial charge in [-0.25, -0.2) is 4.98 Å². The maximum Gasteiger partial charge on any atom is 0.180 e. The van der Waals surface area contributed by atoms with E-state index < -0.39 is 0 Å². The fraction of sp³-hybridized carbons (Fsp3) is 0.500. The number of halogens is 1. The minimum Gasteiger partial charge on any atom is -0.489 e. The van der Waals surface area contributed by atoms with Gasteiger partial charge >= 0.3 is 0 Å². The number of aromatic nitrogens is 2. The molecular formula is C16H19ClN2O2. The van der Waals surface area contributed by atoms with Gasteiger partial charge in [0.25, 0.3) is 0 Å². The number of pyridine rings is 1. The summed E-state index contributed by atoms with van der Waals surface area (Å²) in [5.41, 5.74) is 1.87. The van der Waals surface area contributed by atoms with Crippen molar-refractivity contribution in [3.63, 3.8) is 0 Å². The molecule has 112 valence electrons. The Balaban J connectivity index is 1.88. The average Bonchev–Trinajstić information content (AvgIpc) is 2.81. The summed E-state index contributed by atoms with van der Waals surface area (Å²) in [6.07, 6.45) is 8.87. The van der Waals surface area contributed by atoms with Crippen molar-refractivity contribution < 1.29 is 9.53 Å². The molecule has 0 aliphatic heterocycles. The third kappa shape index (κ3) is 2.91. The number of rotatable bonds is 4. The van der Waals surface area contributed by atoms with Gasteiger partial charge in [-0.05, 0) is 25.7 Å². The van der Waals surface area contributed by atoms with Gasteiger partial charge in [0, 0.05) is 12.3 Å². The number of carbonyl (C=O) groups excluding carboxylic acids is 1. The molecule has 1 fully saturated rings. The van der Waals surface area contributed by atoms with Crippen LogP contribution in [0.25, 0.3) is 5.65 Å². The van der Waals surface area contributed by atoms with Crippen LogP contribution < -0.4 is 4.74 Å². The summed E-state index contributed by atoms with van der Waals surface area (Å²) in [6, 6.07) is 1.78. The van der Waals surface area contributed by atoms with Crippen molar-refractivity contribution in [2.75, 3.05) is 6.61 Å². The molecule has 0 aromatic carbocycles. The normalized spacial score (nSPS) is 16.3. The highest BCUT2D eigenvalue weighted by Crippen LogP contribution is 2.29. The van der Waals surface area contributed by atoms with E-state index in [2.05, 4.69) is 4.98 Å². The van der Waals surface area contributed by atoms with Crippen LogP contribution in [0.4, 0.5) is 0 Å². The first-order valence-corrected chi connectivity index (χ1v) is 7.83. The first kappa shape index (κ1) is 14.4. The number of hydrogen-bond acceptors (Lipinski definition) is 3. The zero-order valence-electron chi connectivity index (χ0n) is 12.1. The molecule has 0 amide bonds. The number of imidazole rings is 1. The minimum atomic E-state index is 0.523. The molecule has 3 rings (SSSR count). The smallest absolute Gasteiger partial charge is 0.180 e. The van der Waals surface area contributed by atoms with Gasteiger partial charge in [0.2, 0.25) is 0 Å². The van der Waals surface area contributed by atoms with Crippen LogP contribution in [0, 0.1) is 12.8 Å². The predicted molar refractivity (Wildman–Crippen MR) is 82.4 cm³/mol. The second-order valence-corrected chi connectivity index (χ2v) is 6.17. The Morgan fingerprint density at radius 1 is 1.43 bits per heavy atom. The second-order valence-electron chi connectivity index (χ2n) is 5.73. The number of aryl methyl sites for hydroxylation is 1. The molecular weight excluding hydrogens is 288 g/mol. The minimum absolute atomic E-state index is 0.523. The number of nitrogens with zero attached hydrogens (tertiary/aromatic N) is 2. The third-order valence-electron chi connectivity index (χ3n) is 4.18. The highest BCUT2D eigenvalue weighted by atomic mass is 35.5. The Bertz CT molecular complexity index is 660. The summed E-state index contributed by atoms with van der Waals surface area (Å²) >= 11 is 6.14. The standard InChI is InChI=1S/C16H19ClN2O2/c1-11-14(9-20)19-8-13(17)7-15(16(19)18-11)21-10-12-5-3-2-4-6-12/h7-9,12H,2-6,10H2,1H3. The maximum absolute atomic E-state index is 11.2. The molecule has 1 saturated carbocycles. The molecule has 0 radical (unpaired) electrons. The Morgan fingerprint density at radius 3 is 2.90 bits per heavy atom. The lowest BCUT2D eigenvalue weighted by molar-refractivity contribution is 0.111. The Hall–Kier alpha value is -1.55. The Labute approximate surface area is 129 Å². The van der Waals surface area contributed by atoms with E-state index in [1.165, 1.54) is 32.1 Å². The molecule has 2 aromatic heterocycles. The van der Waals surface area contributed by atoms with Crippen molar-refractivity contribution in [3.05, 3.63) is 28.7 Å². The van der Waals surface area contributed by atoms with Gasteiger partial charge in [-0.15, -0.1) is 0 Å². The van der Waals surface area contributed by atoms with Gasteiger partial charge in [0.1, 0.15) is 5.69 Å². The Morgan fingerprint density at radius 2 is 2.19 bits per heavy atom. The van der Waals surface area contributed by atoms with Gasteiger partial charge in [0.05, 0.1) is 17.3 Å². The topological polar surface area (TPSA) is 43.6 Å². The first-order chi connectivity index (χ1) is 10.2. The van der Waals surface area contributed by atoms with Gasteiger partial charge in [-0.2, -0.15) is 0 Å². The summed E-state index contributed by atoms with van der Waals surface area (Å²) in [6.45, 7) is 2.51. The fourth-order valence-electron chi connectivity index (χ4n) is 3.02. The predicted octanol–water partition coefficient (Wildman–Crippen LogP) is 4.07. The molecule has 0 N–H and O–H groups in total. The molecule has 0 unspecified atom stereocenters. The van der Waals surface area contributed by atoms with Crippen LogP contribution in [0.3, 0.4) is 0 Å². The molecule has 0 saturated heterocycles. The lowest BCUT2D eigenvalue weighted by Gasteiger charge is -2.21. The van der Waals surface area contributed by atoms with E-state index in [0.717, 1.165) is 6.29 Å². The van der Waals surface area contributed by atoms with Crippen molar-refractivity contribution >= 4 is 23.5 Å². The Kier molecular flexibility index (Phi) is 4.15. The molecule has 1 aliphatic carbocycles. The molecule has 5 heteroatoms. The number of aldehydes is 1. The van der Waals surface area contributed by atoms with Gasteiger partial charge in [0.15, 0.2) is 17.7 Å². The van der Waals surface area contributed by atoms with E-state index in [-0.39, 0.29) is 0 Å². The summed E-state index contributed by atoms with van der Waals surface area (Å²) in [5, 5.41) is 0.543. The molecule has 2 heterocycles. The lowest BCUT2D eigenvalue weighted by atomic mass is 9.90. The van der Waals surface area contributed by atoms with Gasteiger partial charge in [-0.3, -0.25) is 9.20 Å². The average molecular weight is 307 g/mol. The van der Waals surface area contributed by atoms with E-state index in [4.69, 9.17) is 16.3 Å². The van der Waals surface area contributed by atoms with Gasteiger partial charge in [-0.1, -0.05) is 30.9 Å². The van der Waals surface area contributed by atoms with Crippen LogP contribution in [0.2, 0.25) is 5.02 Å². The van der Waals surface area contributed by atoms with E-state index in [1.807, 2.05) is 6.92 Å². The van der Waals surface area contributed by atoms with Crippen molar-refractivity contribution in [1.29, 1.82) is 0 Å². The van der Waals surface area contributed by atoms with Crippen LogP contribution in [0.15, 0.2) is 12.3 Å². The van der Waals surface area contributed by atoms with E-state index in [9.17, 15) is 4.79 Å². The monoisotopic (exact) mass is 306 g/mol. The number of carbonyl (C=O) groups is 1. The molecule has 0 bridgehead atoms. The van der Waals surface area contributed by atoms with E-state index in [1.54, 1.807) is 16.7 Å². The van der Waals surface area contributed by atoms with Crippen molar-refractivity contribution in [2.45, 2.75) is 39.0 Å². The molecule has 21 heavy (non-hydrogen) atoms. The van der Waals surface area contributed by atoms with E-state index in [0.29, 0.717) is 40.3 Å². The van der Waals surface area contributed by atoms with Gasteiger partial charge < -0.3 is 4.74 Å². The fourth-order valence-corrected chi connectivity index (χ4v) is 3.22. The van der Waals surface area contributed by atoms with Crippen molar-refractivity contribution in [2.24, 2.45) is 5.92 Å². The van der Waals surface area contributed by atoms with E-state index >= 15 is 0 Å². The number of hydrogen-bond donors (Lipinski definition) is 0. The number of ether oxygens (including phenoxy) is 1. The molecule has 1 aliphatic rings. The van der Waals surface area contributed by atoms with Crippen molar-refractivity contribution in [1.82, 2.24) is 9.38 Å². The molecule has 0 spiro atoms. The summed E-state index contributed by atoms with van der Waals surface area (Å²) < 4.78 is 7.68. The summed E-state index contributed by atoms with van der Waals surface area (Å²) in [5.74, 6) is 1.27. The largest absolute Gasteiger partial charge is 0.489 e. The third-order valence-corrected chi connectivity index (χ3v) is 4.39. The molecule has 4 nitrogen and oxygen atoms in total. The quantitative estimate of drug-likeness (QED) is 0.800. The number of fused-ring (bicyclic) bond motifs is 1.